The van der Waals surface area contributed by atoms with Crippen molar-refractivity contribution in [1.29, 1.82) is 0 Å². The van der Waals surface area contributed by atoms with Crippen LogP contribution < -0.4 is 10.6 Å². The number of carbonyl (C=O) groups is 4. The lowest BCUT2D eigenvalue weighted by Crippen LogP contribution is -2.59. The number of likely N-dealkylation sites (tertiary alicyclic amines) is 1. The predicted molar refractivity (Wildman–Crippen MR) is 214 cm³/mol. The fraction of sp³-hybridized carbons (Fsp3) is 0.690. The Morgan fingerprint density at radius 3 is 2.26 bits per heavy atom. The second-order valence-corrected chi connectivity index (χ2v) is 16.0. The van der Waals surface area contributed by atoms with Gasteiger partial charge in [-0.2, -0.15) is 0 Å². The Kier molecular flexibility index (Phi) is 17.3. The van der Waals surface area contributed by atoms with Gasteiger partial charge in [0.25, 0.3) is 0 Å². The number of hydrogen-bond acceptors (Lipinski definition) is 8. The molecule has 0 aliphatic carbocycles. The molecule has 12 heteroatoms. The molecule has 302 valence electrons. The molecule has 1 fully saturated rings. The molecule has 1 aliphatic heterocycles. The third-order valence-electron chi connectivity index (χ3n) is 11.4. The molecule has 8 atom stereocenters. The first-order valence-corrected chi connectivity index (χ1v) is 19.8. The van der Waals surface area contributed by atoms with E-state index in [-0.39, 0.29) is 59.9 Å². The minimum atomic E-state index is -0.745. The summed E-state index contributed by atoms with van der Waals surface area (Å²) in [6, 6.07) is 6.26. The van der Waals surface area contributed by atoms with Crippen LogP contribution >= 0.6 is 0 Å². The fourth-order valence-electron chi connectivity index (χ4n) is 8.30. The Balaban J connectivity index is 1.73. The maximum absolute atomic E-state index is 14.2. The molecule has 2 heterocycles. The minimum absolute atomic E-state index is 0.000703. The lowest BCUT2D eigenvalue weighted by Gasteiger charge is -2.41. The van der Waals surface area contributed by atoms with Crippen molar-refractivity contribution in [2.45, 2.75) is 117 Å². The molecule has 0 saturated carbocycles. The van der Waals surface area contributed by atoms with Crippen LogP contribution in [0.4, 0.5) is 0 Å². The van der Waals surface area contributed by atoms with Gasteiger partial charge in [0.2, 0.25) is 23.6 Å². The van der Waals surface area contributed by atoms with Crippen LogP contribution in [-0.2, 0) is 35.1 Å². The number of methoxy groups -OCH3 is 2. The fourth-order valence-corrected chi connectivity index (χ4v) is 8.30. The van der Waals surface area contributed by atoms with Crippen molar-refractivity contribution >= 4 is 34.4 Å². The van der Waals surface area contributed by atoms with Crippen molar-refractivity contribution in [2.24, 2.45) is 23.7 Å². The van der Waals surface area contributed by atoms with E-state index < -0.39 is 30.2 Å². The number of ether oxygens (including phenoxy) is 2. The van der Waals surface area contributed by atoms with E-state index in [1.807, 2.05) is 82.9 Å². The van der Waals surface area contributed by atoms with Crippen molar-refractivity contribution in [3.63, 3.8) is 0 Å². The van der Waals surface area contributed by atoms with Crippen LogP contribution in [0.1, 0.15) is 79.7 Å². The Labute approximate surface area is 324 Å². The van der Waals surface area contributed by atoms with Crippen LogP contribution in [0.5, 0.6) is 0 Å². The summed E-state index contributed by atoms with van der Waals surface area (Å²) in [6.45, 7) is 14.8. The Bertz CT molecular complexity index is 1520. The SMILES string of the molecule is CC[C@H](C)[C@@H]([C@@H](CC(=O)N1CCC[C@H]1[C@H](OC)[C@@H](C)C(=O)NCCc1cccc2cnccc12)OC)N(C)C(=O)[C@@H](NC(=O)[C@H](C(C)C)N(C)C)C(C)C. The number of rotatable bonds is 20. The second-order valence-electron chi connectivity index (χ2n) is 16.0. The van der Waals surface area contributed by atoms with Crippen LogP contribution in [0.2, 0.25) is 0 Å². The van der Waals surface area contributed by atoms with Crippen molar-refractivity contribution < 1.29 is 28.7 Å². The molecule has 1 aliphatic rings. The Morgan fingerprint density at radius 1 is 0.963 bits per heavy atom. The molecule has 12 nitrogen and oxygen atoms in total. The molecular formula is C42H68N6O6. The highest BCUT2D eigenvalue weighted by atomic mass is 16.5. The van der Waals surface area contributed by atoms with Crippen molar-refractivity contribution in [2.75, 3.05) is 48.5 Å². The third kappa shape index (κ3) is 11.0. The lowest BCUT2D eigenvalue weighted by molar-refractivity contribution is -0.148. The second kappa shape index (κ2) is 20.9. The van der Waals surface area contributed by atoms with Gasteiger partial charge in [-0.3, -0.25) is 29.1 Å². The first kappa shape index (κ1) is 44.8. The largest absolute Gasteiger partial charge is 0.379 e. The minimum Gasteiger partial charge on any atom is -0.379 e. The van der Waals surface area contributed by atoms with Gasteiger partial charge in [-0.05, 0) is 68.1 Å². The Morgan fingerprint density at radius 2 is 1.67 bits per heavy atom. The molecule has 0 bridgehead atoms. The highest BCUT2D eigenvalue weighted by Gasteiger charge is 2.43. The topological polar surface area (TPSA) is 133 Å². The molecule has 0 spiro atoms. The van der Waals surface area contributed by atoms with E-state index in [4.69, 9.17) is 9.47 Å². The molecule has 4 amide bonds. The van der Waals surface area contributed by atoms with Gasteiger partial charge in [0, 0.05) is 52.1 Å². The highest BCUT2D eigenvalue weighted by molar-refractivity contribution is 5.90. The highest BCUT2D eigenvalue weighted by Crippen LogP contribution is 2.30. The summed E-state index contributed by atoms with van der Waals surface area (Å²) in [5.41, 5.74) is 1.14. The molecular weight excluding hydrogens is 684 g/mol. The van der Waals surface area contributed by atoms with Crippen LogP contribution in [0.15, 0.2) is 36.7 Å². The lowest BCUT2D eigenvalue weighted by atomic mass is 9.89. The number of hydrogen-bond donors (Lipinski definition) is 2. The van der Waals surface area contributed by atoms with Gasteiger partial charge in [0.1, 0.15) is 6.04 Å². The smallest absolute Gasteiger partial charge is 0.245 e. The number of nitrogens with zero attached hydrogens (tertiary/aromatic N) is 4. The average molecular weight is 753 g/mol. The summed E-state index contributed by atoms with van der Waals surface area (Å²) in [6.07, 6.45) is 5.54. The van der Waals surface area contributed by atoms with Crippen LogP contribution in [0, 0.1) is 23.7 Å². The van der Waals surface area contributed by atoms with Gasteiger partial charge in [0.05, 0.1) is 42.7 Å². The number of likely N-dealkylation sites (N-methyl/N-ethyl adjacent to an activating group) is 2. The molecule has 0 unspecified atom stereocenters. The molecule has 54 heavy (non-hydrogen) atoms. The van der Waals surface area contributed by atoms with E-state index in [1.165, 1.54) is 0 Å². The molecule has 1 aromatic carbocycles. The van der Waals surface area contributed by atoms with Crippen molar-refractivity contribution in [1.82, 2.24) is 30.3 Å². The van der Waals surface area contributed by atoms with Crippen molar-refractivity contribution in [3.8, 4) is 0 Å². The molecule has 0 radical (unpaired) electrons. The first-order chi connectivity index (χ1) is 25.6. The number of carbonyl (C=O) groups excluding carboxylic acids is 4. The zero-order valence-electron chi connectivity index (χ0n) is 34.9. The van der Waals surface area contributed by atoms with E-state index in [9.17, 15) is 19.2 Å². The van der Waals surface area contributed by atoms with E-state index >= 15 is 0 Å². The number of amides is 4. The molecule has 1 aromatic heterocycles. The molecule has 2 aromatic rings. The molecule has 2 N–H and O–H groups in total. The van der Waals surface area contributed by atoms with Crippen molar-refractivity contribution in [3.05, 3.63) is 42.2 Å². The quantitative estimate of drug-likeness (QED) is 0.202. The Hall–Kier alpha value is -3.61. The average Bonchev–Trinajstić information content (AvgIpc) is 3.62. The van der Waals surface area contributed by atoms with Gasteiger partial charge in [-0.25, -0.2) is 0 Å². The predicted octanol–water partition coefficient (Wildman–Crippen LogP) is 4.54. The third-order valence-corrected chi connectivity index (χ3v) is 11.4. The van der Waals surface area contributed by atoms with Crippen LogP contribution in [-0.4, -0.2) is 128 Å². The van der Waals surface area contributed by atoms with Gasteiger partial charge in [0.15, 0.2) is 0 Å². The zero-order valence-corrected chi connectivity index (χ0v) is 34.9. The van der Waals surface area contributed by atoms with E-state index in [2.05, 4.69) is 35.5 Å². The number of nitrogens with one attached hydrogen (secondary N) is 2. The number of aromatic nitrogens is 1. The number of pyridine rings is 1. The van der Waals surface area contributed by atoms with Crippen LogP contribution in [0.3, 0.4) is 0 Å². The summed E-state index contributed by atoms with van der Waals surface area (Å²) in [4.78, 5) is 64.9. The first-order valence-electron chi connectivity index (χ1n) is 19.8. The van der Waals surface area contributed by atoms with Gasteiger partial charge in [-0.1, -0.05) is 73.1 Å². The summed E-state index contributed by atoms with van der Waals surface area (Å²) < 4.78 is 12.0. The summed E-state index contributed by atoms with van der Waals surface area (Å²) in [5, 5.41) is 8.33. The maximum Gasteiger partial charge on any atom is 0.245 e. The van der Waals surface area contributed by atoms with E-state index in [0.29, 0.717) is 19.5 Å². The standard InChI is InChI=1S/C42H68N6O6/c1-13-28(6)38(47(10)42(52)36(26(2)3)45-41(51)37(27(4)5)46(8)9)34(53-11)24-35(49)48-23-15-18-33(48)39(54-12)29(7)40(50)44-22-19-30-16-14-17-31-25-43-21-20-32(30)31/h14,16-17,20-21,25-29,33-34,36-39H,13,15,18-19,22-24H2,1-12H3,(H,44,50)(H,45,51)/t28-,29+,33-,34+,36-,37-,38-,39+/m0/s1. The van der Waals surface area contributed by atoms with Crippen LogP contribution in [0.25, 0.3) is 10.8 Å². The summed E-state index contributed by atoms with van der Waals surface area (Å²) in [5.74, 6) is -1.22. The number of fused-ring (bicyclic) bond motifs is 1. The molecule has 3 rings (SSSR count). The number of benzene rings is 1. The summed E-state index contributed by atoms with van der Waals surface area (Å²) >= 11 is 0. The van der Waals surface area contributed by atoms with E-state index in [1.54, 1.807) is 32.4 Å². The summed E-state index contributed by atoms with van der Waals surface area (Å²) in [7, 11) is 8.66. The normalized spacial score (nSPS) is 18.6. The monoisotopic (exact) mass is 753 g/mol. The maximum atomic E-state index is 14.2. The van der Waals surface area contributed by atoms with E-state index in [0.717, 1.165) is 35.6 Å². The van der Waals surface area contributed by atoms with Gasteiger partial charge in [-0.15, -0.1) is 0 Å². The molecule has 1 saturated heterocycles. The van der Waals surface area contributed by atoms with Gasteiger partial charge < -0.3 is 29.9 Å². The zero-order chi connectivity index (χ0) is 40.3. The van der Waals surface area contributed by atoms with Gasteiger partial charge >= 0.3 is 0 Å².